The van der Waals surface area contributed by atoms with E-state index in [1.807, 2.05) is 18.2 Å². The summed E-state index contributed by atoms with van der Waals surface area (Å²) in [5.74, 6) is 0.809. The average Bonchev–Trinajstić information content (AvgIpc) is 2.75. The van der Waals surface area contributed by atoms with E-state index in [9.17, 15) is 0 Å². The van der Waals surface area contributed by atoms with Gasteiger partial charge in [-0.3, -0.25) is 0 Å². The SMILES string of the molecule is Cc1sc2nc(Cl)nc(NC(C)C)c2c1-c1ccccc1. The smallest absolute Gasteiger partial charge is 0.225 e. The maximum absolute atomic E-state index is 6.06. The van der Waals surface area contributed by atoms with Gasteiger partial charge in [-0.05, 0) is 37.9 Å². The molecule has 0 saturated carbocycles. The normalized spacial score (nSPS) is 11.3. The highest BCUT2D eigenvalue weighted by Gasteiger charge is 2.18. The lowest BCUT2D eigenvalue weighted by atomic mass is 10.0. The zero-order valence-corrected chi connectivity index (χ0v) is 13.7. The fourth-order valence-corrected chi connectivity index (χ4v) is 3.68. The van der Waals surface area contributed by atoms with E-state index in [1.54, 1.807) is 11.3 Å². The summed E-state index contributed by atoms with van der Waals surface area (Å²) in [5.41, 5.74) is 2.37. The highest BCUT2D eigenvalue weighted by atomic mass is 35.5. The summed E-state index contributed by atoms with van der Waals surface area (Å²) in [6.45, 7) is 6.29. The first-order valence-electron chi connectivity index (χ1n) is 6.85. The zero-order valence-electron chi connectivity index (χ0n) is 12.1. The van der Waals surface area contributed by atoms with Crippen molar-refractivity contribution in [3.8, 4) is 11.1 Å². The second-order valence-electron chi connectivity index (χ2n) is 5.22. The van der Waals surface area contributed by atoms with Crippen molar-refractivity contribution in [3.05, 3.63) is 40.5 Å². The number of halogens is 1. The Labute approximate surface area is 133 Å². The number of benzene rings is 1. The van der Waals surface area contributed by atoms with Crippen molar-refractivity contribution in [1.29, 1.82) is 0 Å². The number of rotatable bonds is 3. The van der Waals surface area contributed by atoms with Gasteiger partial charge in [0, 0.05) is 16.5 Å². The Morgan fingerprint density at radius 1 is 1.14 bits per heavy atom. The lowest BCUT2D eigenvalue weighted by Gasteiger charge is -2.12. The molecule has 5 heteroatoms. The van der Waals surface area contributed by atoms with E-state index in [2.05, 4.69) is 48.2 Å². The van der Waals surface area contributed by atoms with Crippen LogP contribution < -0.4 is 5.32 Å². The summed E-state index contributed by atoms with van der Waals surface area (Å²) in [5, 5.41) is 4.72. The molecule has 3 rings (SSSR count). The third-order valence-corrected chi connectivity index (χ3v) is 4.36. The van der Waals surface area contributed by atoms with Gasteiger partial charge in [-0.15, -0.1) is 11.3 Å². The van der Waals surface area contributed by atoms with Crippen LogP contribution in [0.4, 0.5) is 5.82 Å². The van der Waals surface area contributed by atoms with Gasteiger partial charge in [0.05, 0.1) is 5.39 Å². The molecule has 1 N–H and O–H groups in total. The number of aromatic nitrogens is 2. The fraction of sp³-hybridized carbons (Fsp3) is 0.250. The minimum atomic E-state index is 0.281. The predicted molar refractivity (Wildman–Crippen MR) is 91.4 cm³/mol. The number of fused-ring (bicyclic) bond motifs is 1. The van der Waals surface area contributed by atoms with Gasteiger partial charge >= 0.3 is 0 Å². The van der Waals surface area contributed by atoms with E-state index < -0.39 is 0 Å². The minimum absolute atomic E-state index is 0.281. The number of aryl methyl sites for hydroxylation is 1. The molecule has 0 aliphatic rings. The molecule has 0 saturated heterocycles. The lowest BCUT2D eigenvalue weighted by molar-refractivity contribution is 0.891. The second-order valence-corrected chi connectivity index (χ2v) is 6.76. The van der Waals surface area contributed by atoms with Gasteiger partial charge in [0.25, 0.3) is 0 Å². The maximum Gasteiger partial charge on any atom is 0.225 e. The fourth-order valence-electron chi connectivity index (χ4n) is 2.42. The Morgan fingerprint density at radius 2 is 1.86 bits per heavy atom. The Hall–Kier alpha value is -1.65. The summed E-state index contributed by atoms with van der Waals surface area (Å²) >= 11 is 7.71. The lowest BCUT2D eigenvalue weighted by Crippen LogP contribution is -2.11. The molecule has 21 heavy (non-hydrogen) atoms. The van der Waals surface area contributed by atoms with Crippen molar-refractivity contribution in [3.63, 3.8) is 0 Å². The monoisotopic (exact) mass is 317 g/mol. The molecule has 0 spiro atoms. The first-order chi connectivity index (χ1) is 10.1. The molecule has 2 aromatic heterocycles. The van der Waals surface area contributed by atoms with Crippen molar-refractivity contribution in [2.24, 2.45) is 0 Å². The molecule has 0 radical (unpaired) electrons. The van der Waals surface area contributed by atoms with Gasteiger partial charge in [0.15, 0.2) is 0 Å². The third-order valence-electron chi connectivity index (χ3n) is 3.19. The van der Waals surface area contributed by atoms with Crippen LogP contribution in [0.5, 0.6) is 0 Å². The van der Waals surface area contributed by atoms with Gasteiger partial charge in [-0.25, -0.2) is 9.97 Å². The quantitative estimate of drug-likeness (QED) is 0.680. The van der Waals surface area contributed by atoms with Crippen molar-refractivity contribution < 1.29 is 0 Å². The van der Waals surface area contributed by atoms with Crippen LogP contribution in [0.1, 0.15) is 18.7 Å². The molecule has 3 aromatic rings. The molecule has 2 heterocycles. The van der Waals surface area contributed by atoms with E-state index in [0.717, 1.165) is 16.0 Å². The van der Waals surface area contributed by atoms with Crippen molar-refractivity contribution >= 4 is 39.0 Å². The largest absolute Gasteiger partial charge is 0.367 e. The molecule has 0 bridgehead atoms. The Morgan fingerprint density at radius 3 is 2.52 bits per heavy atom. The Balaban J connectivity index is 2.32. The molecule has 0 unspecified atom stereocenters. The first-order valence-corrected chi connectivity index (χ1v) is 8.04. The minimum Gasteiger partial charge on any atom is -0.367 e. The van der Waals surface area contributed by atoms with Crippen LogP contribution in [-0.4, -0.2) is 16.0 Å². The Bertz CT molecular complexity index is 781. The van der Waals surface area contributed by atoms with E-state index in [0.29, 0.717) is 0 Å². The number of thiophene rings is 1. The van der Waals surface area contributed by atoms with Crippen molar-refractivity contribution in [2.45, 2.75) is 26.8 Å². The molecule has 108 valence electrons. The average molecular weight is 318 g/mol. The van der Waals surface area contributed by atoms with Gasteiger partial charge in [-0.1, -0.05) is 30.3 Å². The summed E-state index contributed by atoms with van der Waals surface area (Å²) in [7, 11) is 0. The molecule has 0 fully saturated rings. The second kappa shape index (κ2) is 5.62. The van der Waals surface area contributed by atoms with E-state index in [-0.39, 0.29) is 11.3 Å². The number of nitrogens with one attached hydrogen (secondary N) is 1. The molecule has 0 amide bonds. The molecular weight excluding hydrogens is 302 g/mol. The van der Waals surface area contributed by atoms with Gasteiger partial charge in [-0.2, -0.15) is 0 Å². The van der Waals surface area contributed by atoms with Crippen molar-refractivity contribution in [2.75, 3.05) is 5.32 Å². The van der Waals surface area contributed by atoms with Gasteiger partial charge in [0.2, 0.25) is 5.28 Å². The highest BCUT2D eigenvalue weighted by Crippen LogP contribution is 2.41. The van der Waals surface area contributed by atoms with E-state index in [4.69, 9.17) is 11.6 Å². The standard InChI is InChI=1S/C16H16ClN3S/c1-9(2)18-14-13-12(11-7-5-4-6-8-11)10(3)21-15(13)20-16(17)19-14/h4-9H,1-3H3,(H,18,19,20). The molecule has 0 aliphatic heterocycles. The highest BCUT2D eigenvalue weighted by molar-refractivity contribution is 7.19. The van der Waals surface area contributed by atoms with Crippen LogP contribution in [0.2, 0.25) is 5.28 Å². The topological polar surface area (TPSA) is 37.8 Å². The molecule has 0 atom stereocenters. The van der Waals surface area contributed by atoms with Gasteiger partial charge in [0.1, 0.15) is 10.6 Å². The summed E-state index contributed by atoms with van der Waals surface area (Å²) in [6.07, 6.45) is 0. The van der Waals surface area contributed by atoms with Crippen LogP contribution in [0.25, 0.3) is 21.3 Å². The van der Waals surface area contributed by atoms with Crippen LogP contribution in [0.3, 0.4) is 0 Å². The number of hydrogen-bond acceptors (Lipinski definition) is 4. The maximum atomic E-state index is 6.06. The number of anilines is 1. The zero-order chi connectivity index (χ0) is 15.0. The van der Waals surface area contributed by atoms with Crippen LogP contribution in [0.15, 0.2) is 30.3 Å². The van der Waals surface area contributed by atoms with E-state index >= 15 is 0 Å². The van der Waals surface area contributed by atoms with E-state index in [1.165, 1.54) is 16.0 Å². The molecule has 1 aromatic carbocycles. The van der Waals surface area contributed by atoms with Crippen LogP contribution >= 0.6 is 22.9 Å². The van der Waals surface area contributed by atoms with Gasteiger partial charge < -0.3 is 5.32 Å². The molecular formula is C16H16ClN3S. The van der Waals surface area contributed by atoms with Crippen molar-refractivity contribution in [1.82, 2.24) is 9.97 Å². The number of hydrogen-bond donors (Lipinski definition) is 1. The predicted octanol–water partition coefficient (Wildman–Crippen LogP) is 5.14. The third kappa shape index (κ3) is 2.74. The number of nitrogens with zero attached hydrogens (tertiary/aromatic N) is 2. The van der Waals surface area contributed by atoms with Crippen LogP contribution in [-0.2, 0) is 0 Å². The summed E-state index contributed by atoms with van der Waals surface area (Å²) in [4.78, 5) is 10.9. The molecule has 0 aliphatic carbocycles. The molecule has 3 nitrogen and oxygen atoms in total. The van der Waals surface area contributed by atoms with Crippen LogP contribution in [0, 0.1) is 6.92 Å². The summed E-state index contributed by atoms with van der Waals surface area (Å²) in [6, 6.07) is 10.6. The Kier molecular flexibility index (Phi) is 3.83. The summed E-state index contributed by atoms with van der Waals surface area (Å²) < 4.78 is 0. The first kappa shape index (κ1) is 14.3.